The fraction of sp³-hybridized carbons (Fsp3) is 0.143. The van der Waals surface area contributed by atoms with Crippen LogP contribution in [0.3, 0.4) is 0 Å². The number of allylic oxidation sites excluding steroid dienone is 1. The molecule has 0 amide bonds. The van der Waals surface area contributed by atoms with Gasteiger partial charge in [-0.1, -0.05) is 0 Å². The molecule has 0 fully saturated rings. The second-order valence-corrected chi connectivity index (χ2v) is 4.67. The van der Waals surface area contributed by atoms with Crippen LogP contribution >= 0.6 is 0 Å². The molecule has 0 unspecified atom stereocenters. The maximum Gasteiger partial charge on any atom is 0.218 e. The predicted molar refractivity (Wildman–Crippen MR) is 74.3 cm³/mol. The number of aliphatic imine (C=N–C) groups is 1. The molecule has 6 heteroatoms. The number of hydrogen-bond donors (Lipinski definition) is 2. The summed E-state index contributed by atoms with van der Waals surface area (Å²) >= 11 is 0. The second-order valence-electron chi connectivity index (χ2n) is 4.67. The number of nitrogens with zero attached hydrogens (tertiary/aromatic N) is 3. The van der Waals surface area contributed by atoms with Crippen LogP contribution in [-0.4, -0.2) is 20.5 Å². The minimum Gasteiger partial charge on any atom is -0.493 e. The molecule has 20 heavy (non-hydrogen) atoms. The lowest BCUT2D eigenvalue weighted by Gasteiger charge is -2.01. The van der Waals surface area contributed by atoms with Crippen molar-refractivity contribution in [3.8, 4) is 5.88 Å². The molecule has 1 aromatic heterocycles. The molecule has 0 aliphatic carbocycles. The number of hydrogen-bond acceptors (Lipinski definition) is 3. The third-order valence-corrected chi connectivity index (χ3v) is 3.45. The quantitative estimate of drug-likeness (QED) is 0.818. The Bertz CT molecular complexity index is 826. The molecule has 0 radical (unpaired) electrons. The van der Waals surface area contributed by atoms with Crippen molar-refractivity contribution in [2.24, 2.45) is 19.1 Å². The first-order chi connectivity index (χ1) is 9.49. The second kappa shape index (κ2) is 4.19. The van der Waals surface area contributed by atoms with E-state index in [1.165, 1.54) is 16.7 Å². The van der Waals surface area contributed by atoms with Crippen molar-refractivity contribution in [3.63, 3.8) is 0 Å². The summed E-state index contributed by atoms with van der Waals surface area (Å²) in [6.45, 7) is 0. The number of nitrogens with one attached hydrogen (secondary N) is 1. The molecular weight excluding hydrogens is 259 g/mol. The van der Waals surface area contributed by atoms with Gasteiger partial charge in [0, 0.05) is 37.5 Å². The first kappa shape index (κ1) is 12.4. The molecular formula is C14H13FN4O. The molecule has 2 heterocycles. The van der Waals surface area contributed by atoms with Crippen molar-refractivity contribution in [3.05, 3.63) is 40.9 Å². The Hall–Kier alpha value is -2.63. The van der Waals surface area contributed by atoms with Gasteiger partial charge in [0.2, 0.25) is 11.5 Å². The summed E-state index contributed by atoms with van der Waals surface area (Å²) < 4.78 is 16.1. The van der Waals surface area contributed by atoms with Crippen LogP contribution in [0.4, 0.5) is 10.1 Å². The highest BCUT2D eigenvalue weighted by molar-refractivity contribution is 6.21. The van der Waals surface area contributed by atoms with Gasteiger partial charge in [-0.25, -0.2) is 4.39 Å². The number of rotatable bonds is 1. The highest BCUT2D eigenvalue weighted by Gasteiger charge is 2.16. The van der Waals surface area contributed by atoms with Gasteiger partial charge in [0.15, 0.2) is 0 Å². The molecule has 1 aromatic carbocycles. The summed E-state index contributed by atoms with van der Waals surface area (Å²) in [5, 5.41) is 17.8. The summed E-state index contributed by atoms with van der Waals surface area (Å²) in [5.41, 5.74) is 2.85. The first-order valence-corrected chi connectivity index (χ1v) is 6.04. The lowest BCUT2D eigenvalue weighted by molar-refractivity contribution is 0.427. The fourth-order valence-corrected chi connectivity index (χ4v) is 2.25. The van der Waals surface area contributed by atoms with E-state index in [9.17, 15) is 9.50 Å². The van der Waals surface area contributed by atoms with Crippen molar-refractivity contribution >= 4 is 23.6 Å². The van der Waals surface area contributed by atoms with Gasteiger partial charge in [0.05, 0.1) is 5.69 Å². The molecule has 2 aromatic rings. The summed E-state index contributed by atoms with van der Waals surface area (Å²) in [7, 11) is 3.32. The Labute approximate surface area is 114 Å². The van der Waals surface area contributed by atoms with Gasteiger partial charge in [-0.15, -0.1) is 0 Å². The number of imidazole rings is 1. The van der Waals surface area contributed by atoms with E-state index >= 15 is 0 Å². The van der Waals surface area contributed by atoms with Gasteiger partial charge in [0.25, 0.3) is 0 Å². The van der Waals surface area contributed by atoms with Gasteiger partial charge in [-0.3, -0.25) is 15.0 Å². The molecule has 3 rings (SSSR count). The van der Waals surface area contributed by atoms with Crippen LogP contribution in [0.1, 0.15) is 11.3 Å². The van der Waals surface area contributed by atoms with Crippen LogP contribution < -0.4 is 5.62 Å². The molecule has 0 spiro atoms. The van der Waals surface area contributed by atoms with Crippen molar-refractivity contribution in [2.45, 2.75) is 0 Å². The summed E-state index contributed by atoms with van der Waals surface area (Å²) in [5.74, 6) is -0.322. The number of benzene rings is 1. The highest BCUT2D eigenvalue weighted by Crippen LogP contribution is 2.33. The van der Waals surface area contributed by atoms with Crippen molar-refractivity contribution < 1.29 is 9.50 Å². The van der Waals surface area contributed by atoms with E-state index in [1.54, 1.807) is 37.0 Å². The van der Waals surface area contributed by atoms with Crippen LogP contribution in [0.5, 0.6) is 5.88 Å². The zero-order valence-corrected chi connectivity index (χ0v) is 11.1. The molecule has 0 saturated carbocycles. The normalized spacial score (nSPS) is 15.1. The maximum atomic E-state index is 13.1. The van der Waals surface area contributed by atoms with E-state index in [2.05, 4.69) is 4.99 Å². The Kier molecular flexibility index (Phi) is 2.60. The molecule has 0 bridgehead atoms. The number of halogens is 1. The maximum absolute atomic E-state index is 13.1. The lowest BCUT2D eigenvalue weighted by Crippen LogP contribution is -2.20. The number of aromatic hydroxyl groups is 1. The topological polar surface area (TPSA) is 66.3 Å². The minimum atomic E-state index is -0.330. The van der Waals surface area contributed by atoms with Crippen molar-refractivity contribution in [1.29, 1.82) is 5.41 Å². The van der Waals surface area contributed by atoms with E-state index in [-0.39, 0.29) is 17.3 Å². The van der Waals surface area contributed by atoms with Gasteiger partial charge in [-0.05, 0) is 18.2 Å². The molecule has 5 nitrogen and oxygen atoms in total. The SMILES string of the molecule is Cn1c(O)c(/C=C2/C=Nc3cc(F)ccc32)n(C)c1=N. The van der Waals surface area contributed by atoms with Gasteiger partial charge < -0.3 is 9.67 Å². The van der Waals surface area contributed by atoms with E-state index in [0.29, 0.717) is 11.4 Å². The van der Waals surface area contributed by atoms with E-state index < -0.39 is 0 Å². The minimum absolute atomic E-state index is 0.00830. The predicted octanol–water partition coefficient (Wildman–Crippen LogP) is 1.94. The Morgan fingerprint density at radius 1 is 1.30 bits per heavy atom. The summed E-state index contributed by atoms with van der Waals surface area (Å²) in [4.78, 5) is 4.15. The van der Waals surface area contributed by atoms with Crippen LogP contribution in [0.15, 0.2) is 23.2 Å². The summed E-state index contributed by atoms with van der Waals surface area (Å²) in [6, 6.07) is 4.40. The third-order valence-electron chi connectivity index (χ3n) is 3.45. The molecule has 1 aliphatic rings. The molecule has 0 saturated heterocycles. The molecule has 1 aliphatic heterocycles. The van der Waals surface area contributed by atoms with Crippen molar-refractivity contribution in [2.75, 3.05) is 0 Å². The van der Waals surface area contributed by atoms with Crippen LogP contribution in [-0.2, 0) is 14.1 Å². The fourth-order valence-electron chi connectivity index (χ4n) is 2.25. The Morgan fingerprint density at radius 2 is 2.05 bits per heavy atom. The standard InChI is InChI=1S/C14H13FN4O/c1-18-12(13(20)19(2)14(18)16)5-8-7-17-11-6-9(15)3-4-10(8)11/h3-7,16,20H,1-2H3/b8-5-,16-14?. The van der Waals surface area contributed by atoms with Crippen LogP contribution in [0.25, 0.3) is 11.6 Å². The van der Waals surface area contributed by atoms with E-state index in [0.717, 1.165) is 11.1 Å². The van der Waals surface area contributed by atoms with E-state index in [4.69, 9.17) is 5.41 Å². The zero-order chi connectivity index (χ0) is 14.4. The first-order valence-electron chi connectivity index (χ1n) is 6.04. The van der Waals surface area contributed by atoms with Crippen LogP contribution in [0.2, 0.25) is 0 Å². The average Bonchev–Trinajstić information content (AvgIpc) is 2.90. The highest BCUT2D eigenvalue weighted by atomic mass is 19.1. The monoisotopic (exact) mass is 272 g/mol. The van der Waals surface area contributed by atoms with Gasteiger partial charge >= 0.3 is 0 Å². The van der Waals surface area contributed by atoms with Crippen molar-refractivity contribution in [1.82, 2.24) is 9.13 Å². The van der Waals surface area contributed by atoms with Gasteiger partial charge in [0.1, 0.15) is 11.5 Å². The average molecular weight is 272 g/mol. The van der Waals surface area contributed by atoms with Gasteiger partial charge in [-0.2, -0.15) is 0 Å². The molecule has 102 valence electrons. The molecule has 0 atom stereocenters. The third kappa shape index (κ3) is 1.69. The Morgan fingerprint density at radius 3 is 2.70 bits per heavy atom. The Balaban J connectivity index is 2.16. The molecule has 2 N–H and O–H groups in total. The zero-order valence-electron chi connectivity index (χ0n) is 11.1. The lowest BCUT2D eigenvalue weighted by atomic mass is 10.1. The number of fused-ring (bicyclic) bond motifs is 1. The van der Waals surface area contributed by atoms with Crippen LogP contribution in [0, 0.1) is 11.2 Å². The summed E-state index contributed by atoms with van der Waals surface area (Å²) in [6.07, 6.45) is 3.36. The number of aromatic nitrogens is 2. The largest absolute Gasteiger partial charge is 0.493 e. The van der Waals surface area contributed by atoms with E-state index in [1.807, 2.05) is 0 Å². The smallest absolute Gasteiger partial charge is 0.218 e.